The molecule has 31 heavy (non-hydrogen) atoms. The van der Waals surface area contributed by atoms with Crippen LogP contribution in [-0.4, -0.2) is 38.8 Å². The third-order valence-corrected chi connectivity index (χ3v) is 5.43. The second kappa shape index (κ2) is 9.44. The molecule has 2 aromatic carbocycles. The topological polar surface area (TPSA) is 74.6 Å². The summed E-state index contributed by atoms with van der Waals surface area (Å²) in [7, 11) is 0. The van der Waals surface area contributed by atoms with Gasteiger partial charge in [0.05, 0.1) is 24.6 Å². The number of benzene rings is 2. The molecule has 2 aliphatic heterocycles. The predicted molar refractivity (Wildman–Crippen MR) is 122 cm³/mol. The molecule has 8 heteroatoms. The van der Waals surface area contributed by atoms with E-state index in [2.05, 4.69) is 10.2 Å². The Morgan fingerprint density at radius 2 is 1.87 bits per heavy atom. The van der Waals surface area contributed by atoms with Gasteiger partial charge in [0.1, 0.15) is 24.0 Å². The number of hydrogen-bond acceptors (Lipinski definition) is 5. The quantitative estimate of drug-likeness (QED) is 0.534. The maximum absolute atomic E-state index is 12.9. The Hall–Kier alpha value is -2.98. The Balaban J connectivity index is 1.58. The van der Waals surface area contributed by atoms with E-state index < -0.39 is 5.91 Å². The summed E-state index contributed by atoms with van der Waals surface area (Å²) in [6.45, 7) is 2.89. The molecule has 0 unspecified atom stereocenters. The molecule has 0 spiro atoms. The SMILES string of the molecule is N#C/C(=C\C1=Cc2cc(Cl)ccc2OC1)C(=O)Nc1cc(Cl)ccc1N1CCOCC1. The van der Waals surface area contributed by atoms with Crippen molar-refractivity contribution in [3.8, 4) is 11.8 Å². The molecular weight excluding hydrogens is 437 g/mol. The summed E-state index contributed by atoms with van der Waals surface area (Å²) in [6.07, 6.45) is 3.38. The van der Waals surface area contributed by atoms with Gasteiger partial charge >= 0.3 is 0 Å². The zero-order valence-electron chi connectivity index (χ0n) is 16.5. The van der Waals surface area contributed by atoms with Crippen molar-refractivity contribution >= 4 is 46.6 Å². The third kappa shape index (κ3) is 5.02. The summed E-state index contributed by atoms with van der Waals surface area (Å²) in [4.78, 5) is 15.0. The fourth-order valence-corrected chi connectivity index (χ4v) is 3.81. The summed E-state index contributed by atoms with van der Waals surface area (Å²) in [5.41, 5.74) is 2.84. The first-order valence-corrected chi connectivity index (χ1v) is 10.5. The Labute approximate surface area is 190 Å². The van der Waals surface area contributed by atoms with E-state index in [1.165, 1.54) is 6.08 Å². The van der Waals surface area contributed by atoms with Crippen molar-refractivity contribution < 1.29 is 14.3 Å². The summed E-state index contributed by atoms with van der Waals surface area (Å²) in [5, 5.41) is 13.5. The number of nitrogens with one attached hydrogen (secondary N) is 1. The average molecular weight is 456 g/mol. The molecule has 0 radical (unpaired) electrons. The largest absolute Gasteiger partial charge is 0.488 e. The number of nitriles is 1. The molecule has 158 valence electrons. The van der Waals surface area contributed by atoms with Crippen molar-refractivity contribution in [3.63, 3.8) is 0 Å². The summed E-state index contributed by atoms with van der Waals surface area (Å²) in [5.74, 6) is 0.190. The molecule has 1 amide bonds. The van der Waals surface area contributed by atoms with Crippen LogP contribution in [0.1, 0.15) is 5.56 Å². The summed E-state index contributed by atoms with van der Waals surface area (Å²) in [6, 6.07) is 12.6. The van der Waals surface area contributed by atoms with Crippen LogP contribution in [-0.2, 0) is 9.53 Å². The van der Waals surface area contributed by atoms with E-state index in [4.69, 9.17) is 32.7 Å². The van der Waals surface area contributed by atoms with Gasteiger partial charge in [-0.05, 0) is 54.1 Å². The van der Waals surface area contributed by atoms with Gasteiger partial charge in [-0.1, -0.05) is 23.2 Å². The van der Waals surface area contributed by atoms with Crippen molar-refractivity contribution in [3.05, 3.63) is 69.2 Å². The maximum Gasteiger partial charge on any atom is 0.266 e. The van der Waals surface area contributed by atoms with Crippen LogP contribution in [0.5, 0.6) is 5.75 Å². The number of ether oxygens (including phenoxy) is 2. The van der Waals surface area contributed by atoms with E-state index >= 15 is 0 Å². The Kier molecular flexibility index (Phi) is 6.47. The van der Waals surface area contributed by atoms with Crippen molar-refractivity contribution in [2.45, 2.75) is 0 Å². The van der Waals surface area contributed by atoms with Gasteiger partial charge in [-0.2, -0.15) is 5.26 Å². The van der Waals surface area contributed by atoms with Gasteiger partial charge in [0.2, 0.25) is 0 Å². The minimum absolute atomic E-state index is 0.0340. The molecule has 0 aliphatic carbocycles. The summed E-state index contributed by atoms with van der Waals surface area (Å²) < 4.78 is 11.1. The van der Waals surface area contributed by atoms with E-state index in [1.54, 1.807) is 30.3 Å². The van der Waals surface area contributed by atoms with Gasteiger partial charge in [-0.25, -0.2) is 0 Å². The number of nitrogens with zero attached hydrogens (tertiary/aromatic N) is 2. The van der Waals surface area contributed by atoms with Crippen molar-refractivity contribution in [1.82, 2.24) is 0 Å². The number of halogens is 2. The molecule has 2 aromatic rings. The highest BCUT2D eigenvalue weighted by Crippen LogP contribution is 2.31. The van der Waals surface area contributed by atoms with Crippen LogP contribution >= 0.6 is 23.2 Å². The lowest BCUT2D eigenvalue weighted by Crippen LogP contribution is -2.36. The molecule has 2 aliphatic rings. The third-order valence-electron chi connectivity index (χ3n) is 4.96. The molecule has 1 N–H and O–H groups in total. The highest BCUT2D eigenvalue weighted by atomic mass is 35.5. The molecule has 1 fully saturated rings. The highest BCUT2D eigenvalue weighted by molar-refractivity contribution is 6.31. The monoisotopic (exact) mass is 455 g/mol. The average Bonchev–Trinajstić information content (AvgIpc) is 2.77. The number of carbonyl (C=O) groups excluding carboxylic acids is 1. The van der Waals surface area contributed by atoms with Crippen LogP contribution < -0.4 is 15.0 Å². The molecule has 0 bridgehead atoms. The van der Waals surface area contributed by atoms with Gasteiger partial charge in [0, 0.05) is 28.7 Å². The number of rotatable bonds is 4. The molecule has 6 nitrogen and oxygen atoms in total. The lowest BCUT2D eigenvalue weighted by Gasteiger charge is -2.30. The van der Waals surface area contributed by atoms with Crippen molar-refractivity contribution in [1.29, 1.82) is 5.26 Å². The second-order valence-electron chi connectivity index (χ2n) is 7.07. The summed E-state index contributed by atoms with van der Waals surface area (Å²) >= 11 is 12.2. The molecule has 4 rings (SSSR count). The second-order valence-corrected chi connectivity index (χ2v) is 7.95. The first-order chi connectivity index (χ1) is 15.0. The van der Waals surface area contributed by atoms with Gasteiger partial charge in [-0.15, -0.1) is 0 Å². The highest BCUT2D eigenvalue weighted by Gasteiger charge is 2.19. The molecule has 0 atom stereocenters. The fraction of sp³-hybridized carbons (Fsp3) is 0.217. The van der Waals surface area contributed by atoms with Crippen LogP contribution in [0.15, 0.2) is 53.6 Å². The van der Waals surface area contributed by atoms with E-state index in [0.717, 1.165) is 11.3 Å². The van der Waals surface area contributed by atoms with Crippen molar-refractivity contribution in [2.75, 3.05) is 43.1 Å². The van der Waals surface area contributed by atoms with E-state index in [0.29, 0.717) is 53.4 Å². The zero-order chi connectivity index (χ0) is 21.8. The Bertz CT molecular complexity index is 1120. The minimum atomic E-state index is -0.517. The smallest absolute Gasteiger partial charge is 0.266 e. The minimum Gasteiger partial charge on any atom is -0.488 e. The van der Waals surface area contributed by atoms with Crippen LogP contribution in [0.3, 0.4) is 0 Å². The van der Waals surface area contributed by atoms with Crippen LogP contribution in [0.25, 0.3) is 6.08 Å². The molecule has 2 heterocycles. The van der Waals surface area contributed by atoms with Gasteiger partial charge in [-0.3, -0.25) is 4.79 Å². The standard InChI is InChI=1S/C23H19Cl2N3O3/c24-18-2-4-22-16(11-18)9-15(14-31-22)10-17(13-26)23(29)27-20-12-19(25)1-3-21(20)28-5-7-30-8-6-28/h1-4,9-12H,5-8,14H2,(H,27,29)/b17-10+. The number of fused-ring (bicyclic) bond motifs is 1. The van der Waals surface area contributed by atoms with Crippen LogP contribution in [0, 0.1) is 11.3 Å². The van der Waals surface area contributed by atoms with E-state index in [9.17, 15) is 10.1 Å². The molecule has 0 saturated carbocycles. The van der Waals surface area contributed by atoms with Crippen LogP contribution in [0.4, 0.5) is 11.4 Å². The number of anilines is 2. The number of carbonyl (C=O) groups is 1. The fourth-order valence-electron chi connectivity index (χ4n) is 3.46. The first-order valence-electron chi connectivity index (χ1n) is 9.72. The van der Waals surface area contributed by atoms with Gasteiger partial charge in [0.25, 0.3) is 5.91 Å². The number of morpholine rings is 1. The first kappa shape index (κ1) is 21.3. The molecule has 0 aromatic heterocycles. The lowest BCUT2D eigenvalue weighted by molar-refractivity contribution is -0.112. The number of amides is 1. The van der Waals surface area contributed by atoms with Crippen molar-refractivity contribution in [2.24, 2.45) is 0 Å². The lowest BCUT2D eigenvalue weighted by atomic mass is 10.0. The van der Waals surface area contributed by atoms with E-state index in [1.807, 2.05) is 18.2 Å². The maximum atomic E-state index is 12.9. The zero-order valence-corrected chi connectivity index (χ0v) is 18.0. The molecule has 1 saturated heterocycles. The predicted octanol–water partition coefficient (Wildman–Crippen LogP) is 4.69. The normalized spacial score (nSPS) is 16.0. The van der Waals surface area contributed by atoms with E-state index in [-0.39, 0.29) is 12.2 Å². The molecular formula is C23H19Cl2N3O3. The van der Waals surface area contributed by atoms with Gasteiger partial charge in [0.15, 0.2) is 0 Å². The van der Waals surface area contributed by atoms with Crippen LogP contribution in [0.2, 0.25) is 10.0 Å². The van der Waals surface area contributed by atoms with Gasteiger partial charge < -0.3 is 19.7 Å². The Morgan fingerprint density at radius 1 is 1.13 bits per heavy atom. The Morgan fingerprint density at radius 3 is 2.65 bits per heavy atom. The number of hydrogen-bond donors (Lipinski definition) is 1.